The molecule has 0 amide bonds. The molecule has 3 heteroatoms. The van der Waals surface area contributed by atoms with Gasteiger partial charge in [0.1, 0.15) is 5.75 Å². The quantitative estimate of drug-likeness (QED) is 0.555. The van der Waals surface area contributed by atoms with Crippen LogP contribution >= 0.6 is 11.6 Å². The fraction of sp³-hybridized carbons (Fsp3) is 0.400. The van der Waals surface area contributed by atoms with Crippen LogP contribution in [0, 0.1) is 0 Å². The van der Waals surface area contributed by atoms with E-state index >= 15 is 0 Å². The molecule has 0 heterocycles. The highest BCUT2D eigenvalue weighted by atomic mass is 35.5. The lowest BCUT2D eigenvalue weighted by Crippen LogP contribution is -2.09. The molecule has 13 heavy (non-hydrogen) atoms. The Morgan fingerprint density at radius 2 is 1.77 bits per heavy atom. The van der Waals surface area contributed by atoms with Gasteiger partial charge >= 0.3 is 0 Å². The van der Waals surface area contributed by atoms with Crippen LogP contribution < -0.4 is 4.74 Å². The van der Waals surface area contributed by atoms with Crippen LogP contribution in [0.4, 0.5) is 0 Å². The average molecular weight is 215 g/mol. The van der Waals surface area contributed by atoms with E-state index in [4.69, 9.17) is 16.3 Å². The van der Waals surface area contributed by atoms with E-state index in [1.54, 1.807) is 7.11 Å². The Labute approximate surface area is 86.3 Å². The molecule has 1 nitrogen and oxygen atoms in total. The second-order valence-electron chi connectivity index (χ2n) is 3.42. The van der Waals surface area contributed by atoms with Crippen LogP contribution in [0.25, 0.3) is 0 Å². The van der Waals surface area contributed by atoms with Gasteiger partial charge in [-0.05, 0) is 17.7 Å². The lowest BCUT2D eigenvalue weighted by atomic mass is 10.2. The molecule has 0 aliphatic carbocycles. The topological polar surface area (TPSA) is 9.23 Å². The number of ether oxygens (including phenoxy) is 1. The van der Waals surface area contributed by atoms with Crippen molar-refractivity contribution < 1.29 is 4.74 Å². The number of hydrogen-bond donors (Lipinski definition) is 0. The maximum Gasteiger partial charge on any atom is 0.118 e. The van der Waals surface area contributed by atoms with Crippen LogP contribution in [0.5, 0.6) is 5.75 Å². The number of benzene rings is 1. The number of methoxy groups -OCH3 is 1. The SMILES string of the molecule is COc1ccc(C(Cl)[SiH](C)C)cc1. The molecule has 0 N–H and O–H groups in total. The molecule has 72 valence electrons. The second-order valence-corrected chi connectivity index (χ2v) is 7.47. The van der Waals surface area contributed by atoms with Crippen LogP contribution in [0.1, 0.15) is 10.6 Å². The predicted octanol–water partition coefficient (Wildman–Crippen LogP) is 3.00. The molecular formula is C10H15ClOSi. The third-order valence-corrected chi connectivity index (χ3v) is 5.34. The molecule has 0 aliphatic heterocycles. The highest BCUT2D eigenvalue weighted by Gasteiger charge is 2.12. The fourth-order valence-electron chi connectivity index (χ4n) is 1.17. The second kappa shape index (κ2) is 4.68. The number of alkyl halides is 1. The molecule has 0 fully saturated rings. The first-order chi connectivity index (χ1) is 6.15. The van der Waals surface area contributed by atoms with Crippen LogP contribution in [-0.4, -0.2) is 15.9 Å². The van der Waals surface area contributed by atoms with E-state index in [0.29, 0.717) is 0 Å². The smallest absolute Gasteiger partial charge is 0.118 e. The first-order valence-electron chi connectivity index (χ1n) is 4.43. The summed E-state index contributed by atoms with van der Waals surface area (Å²) in [6, 6.07) is 8.01. The lowest BCUT2D eigenvalue weighted by Gasteiger charge is -2.12. The summed E-state index contributed by atoms with van der Waals surface area (Å²) >= 11 is 6.26. The molecule has 1 atom stereocenters. The van der Waals surface area contributed by atoms with Crippen molar-refractivity contribution in [3.63, 3.8) is 0 Å². The van der Waals surface area contributed by atoms with Crippen LogP contribution in [0.2, 0.25) is 13.1 Å². The predicted molar refractivity (Wildman–Crippen MR) is 60.5 cm³/mol. The summed E-state index contributed by atoms with van der Waals surface area (Å²) in [7, 11) is 0.880. The first-order valence-corrected chi connectivity index (χ1v) is 7.84. The largest absolute Gasteiger partial charge is 0.497 e. The minimum atomic E-state index is -0.791. The number of hydrogen-bond acceptors (Lipinski definition) is 1. The van der Waals surface area contributed by atoms with Gasteiger partial charge in [0, 0.05) is 5.00 Å². The Bertz CT molecular complexity index is 258. The molecule has 0 bridgehead atoms. The van der Waals surface area contributed by atoms with Gasteiger partial charge < -0.3 is 4.74 Å². The number of rotatable bonds is 3. The van der Waals surface area contributed by atoms with Gasteiger partial charge in [-0.3, -0.25) is 0 Å². The van der Waals surface area contributed by atoms with Crippen molar-refractivity contribution in [3.05, 3.63) is 29.8 Å². The molecule has 1 rings (SSSR count). The molecule has 0 aliphatic rings. The first kappa shape index (κ1) is 10.6. The van der Waals surface area contributed by atoms with Crippen LogP contribution in [0.3, 0.4) is 0 Å². The normalized spacial score (nSPS) is 13.0. The van der Waals surface area contributed by atoms with Crippen molar-refractivity contribution in [2.45, 2.75) is 18.1 Å². The van der Waals surface area contributed by atoms with Gasteiger partial charge in [0.15, 0.2) is 0 Å². The molecule has 0 saturated carbocycles. The van der Waals surface area contributed by atoms with Crippen LogP contribution in [0.15, 0.2) is 24.3 Å². The van der Waals surface area contributed by atoms with Crippen molar-refractivity contribution in [2.75, 3.05) is 7.11 Å². The Balaban J connectivity index is 2.79. The van der Waals surface area contributed by atoms with Gasteiger partial charge in [-0.25, -0.2) is 0 Å². The molecular weight excluding hydrogens is 200 g/mol. The summed E-state index contributed by atoms with van der Waals surface area (Å²) in [5, 5.41) is 0.228. The van der Waals surface area contributed by atoms with Gasteiger partial charge in [0.25, 0.3) is 0 Å². The number of halogens is 1. The highest BCUT2D eigenvalue weighted by molar-refractivity contribution is 6.66. The minimum Gasteiger partial charge on any atom is -0.497 e. The highest BCUT2D eigenvalue weighted by Crippen LogP contribution is 2.25. The average Bonchev–Trinajstić information content (AvgIpc) is 2.17. The zero-order chi connectivity index (χ0) is 9.84. The van der Waals surface area contributed by atoms with Crippen molar-refractivity contribution >= 4 is 20.4 Å². The molecule has 0 aromatic heterocycles. The van der Waals surface area contributed by atoms with Gasteiger partial charge in [-0.1, -0.05) is 25.2 Å². The van der Waals surface area contributed by atoms with Crippen molar-refractivity contribution in [1.82, 2.24) is 0 Å². The molecule has 1 aromatic rings. The van der Waals surface area contributed by atoms with Gasteiger partial charge in [0.05, 0.1) is 15.9 Å². The lowest BCUT2D eigenvalue weighted by molar-refractivity contribution is 0.414. The van der Waals surface area contributed by atoms with Gasteiger partial charge in [0.2, 0.25) is 0 Å². The summed E-state index contributed by atoms with van der Waals surface area (Å²) in [6.45, 7) is 4.50. The summed E-state index contributed by atoms with van der Waals surface area (Å²) < 4.78 is 5.08. The maximum atomic E-state index is 6.26. The Morgan fingerprint density at radius 1 is 1.23 bits per heavy atom. The zero-order valence-corrected chi connectivity index (χ0v) is 10.2. The molecule has 1 unspecified atom stereocenters. The van der Waals surface area contributed by atoms with Crippen molar-refractivity contribution in [1.29, 1.82) is 0 Å². The maximum absolute atomic E-state index is 6.26. The van der Waals surface area contributed by atoms with Crippen molar-refractivity contribution in [3.8, 4) is 5.75 Å². The Kier molecular flexibility index (Phi) is 3.82. The molecule has 0 radical (unpaired) electrons. The van der Waals surface area contributed by atoms with Crippen LogP contribution in [-0.2, 0) is 0 Å². The van der Waals surface area contributed by atoms with Crippen molar-refractivity contribution in [2.24, 2.45) is 0 Å². The molecule has 1 aromatic carbocycles. The van der Waals surface area contributed by atoms with E-state index in [1.165, 1.54) is 5.56 Å². The zero-order valence-electron chi connectivity index (χ0n) is 8.25. The van der Waals surface area contributed by atoms with Gasteiger partial charge in [-0.15, -0.1) is 11.6 Å². The summed E-state index contributed by atoms with van der Waals surface area (Å²) in [5.74, 6) is 0.887. The third kappa shape index (κ3) is 2.74. The summed E-state index contributed by atoms with van der Waals surface area (Å²) in [5.41, 5.74) is 1.21. The van der Waals surface area contributed by atoms with E-state index in [2.05, 4.69) is 13.1 Å². The van der Waals surface area contributed by atoms with E-state index in [-0.39, 0.29) is 5.00 Å². The van der Waals surface area contributed by atoms with E-state index < -0.39 is 8.80 Å². The minimum absolute atomic E-state index is 0.228. The molecule has 0 saturated heterocycles. The van der Waals surface area contributed by atoms with E-state index in [9.17, 15) is 0 Å². The standard InChI is InChI=1S/C10H15ClOSi/c1-12-9-6-4-8(5-7-9)10(11)13(2)3/h4-7,10,13H,1-3H3. The van der Waals surface area contributed by atoms with E-state index in [1.807, 2.05) is 24.3 Å². The Hall–Kier alpha value is -0.473. The summed E-state index contributed by atoms with van der Waals surface area (Å²) in [6.07, 6.45) is 0. The fourth-order valence-corrected chi connectivity index (χ4v) is 2.31. The monoisotopic (exact) mass is 214 g/mol. The third-order valence-electron chi connectivity index (χ3n) is 2.02. The van der Waals surface area contributed by atoms with Gasteiger partial charge in [-0.2, -0.15) is 0 Å². The molecule has 0 spiro atoms. The summed E-state index contributed by atoms with van der Waals surface area (Å²) in [4.78, 5) is 0. The van der Waals surface area contributed by atoms with E-state index in [0.717, 1.165) is 5.75 Å². The Morgan fingerprint density at radius 3 is 2.15 bits per heavy atom.